The van der Waals surface area contributed by atoms with E-state index in [0.717, 1.165) is 22.6 Å². The summed E-state index contributed by atoms with van der Waals surface area (Å²) in [7, 11) is 4.04. The summed E-state index contributed by atoms with van der Waals surface area (Å²) in [6.45, 7) is 0. The molecule has 2 heterocycles. The van der Waals surface area contributed by atoms with Gasteiger partial charge in [0.1, 0.15) is 11.7 Å². The number of nitrogens with zero attached hydrogens (tertiary/aromatic N) is 2. The van der Waals surface area contributed by atoms with Gasteiger partial charge < -0.3 is 4.90 Å². The monoisotopic (exact) mass is 366 g/mol. The molecule has 2 atom stereocenters. The number of nitrogens with one attached hydrogen (secondary N) is 2. The molecule has 6 heteroatoms. The Balaban J connectivity index is 1.50. The van der Waals surface area contributed by atoms with Crippen molar-refractivity contribution in [2.45, 2.75) is 18.1 Å². The molecule has 2 unspecified atom stereocenters. The number of anilines is 1. The fraction of sp³-hybridized carbons (Fsp3) is 0.250. The number of thioether (sulfide) groups is 1. The van der Waals surface area contributed by atoms with E-state index < -0.39 is 0 Å². The third kappa shape index (κ3) is 3.35. The van der Waals surface area contributed by atoms with Crippen molar-refractivity contribution in [2.24, 2.45) is 0 Å². The number of hydrazine groups is 1. The van der Waals surface area contributed by atoms with Gasteiger partial charge in [-0.2, -0.15) is 0 Å². The van der Waals surface area contributed by atoms with E-state index in [0.29, 0.717) is 0 Å². The second kappa shape index (κ2) is 7.15. The van der Waals surface area contributed by atoms with Gasteiger partial charge in [0.05, 0.1) is 4.91 Å². The van der Waals surface area contributed by atoms with Gasteiger partial charge in [-0.05, 0) is 29.3 Å². The van der Waals surface area contributed by atoms with Gasteiger partial charge in [-0.3, -0.25) is 9.69 Å². The van der Waals surface area contributed by atoms with Crippen LogP contribution in [-0.2, 0) is 11.2 Å². The predicted octanol–water partition coefficient (Wildman–Crippen LogP) is 2.63. The Morgan fingerprint density at radius 2 is 1.81 bits per heavy atom. The van der Waals surface area contributed by atoms with Crippen molar-refractivity contribution in [3.8, 4) is 0 Å². The molecular weight excluding hydrogens is 344 g/mol. The van der Waals surface area contributed by atoms with E-state index in [2.05, 4.69) is 40.0 Å². The Kier molecular flexibility index (Phi) is 4.72. The van der Waals surface area contributed by atoms with Crippen molar-refractivity contribution >= 4 is 29.4 Å². The van der Waals surface area contributed by atoms with Gasteiger partial charge in [0, 0.05) is 26.2 Å². The Labute approximate surface area is 158 Å². The van der Waals surface area contributed by atoms with Crippen LogP contribution in [0.15, 0.2) is 59.5 Å². The first-order chi connectivity index (χ1) is 12.6. The fourth-order valence-electron chi connectivity index (χ4n) is 3.20. The first-order valence-corrected chi connectivity index (χ1v) is 9.53. The first kappa shape index (κ1) is 17.1. The minimum absolute atomic E-state index is 0.0376. The number of hydrogen-bond donors (Lipinski definition) is 2. The maximum atomic E-state index is 12.9. The van der Waals surface area contributed by atoms with Crippen molar-refractivity contribution in [3.05, 3.63) is 70.6 Å². The number of hydrogen-bond acceptors (Lipinski definition) is 5. The van der Waals surface area contributed by atoms with Gasteiger partial charge in [0.15, 0.2) is 0 Å². The van der Waals surface area contributed by atoms with E-state index in [1.54, 1.807) is 11.8 Å². The van der Waals surface area contributed by atoms with E-state index in [1.165, 1.54) is 5.56 Å². The molecule has 134 valence electrons. The summed E-state index contributed by atoms with van der Waals surface area (Å²) < 4.78 is 0. The summed E-state index contributed by atoms with van der Waals surface area (Å²) in [4.78, 5) is 17.7. The van der Waals surface area contributed by atoms with Crippen LogP contribution in [0.5, 0.6) is 0 Å². The number of amides is 1. The van der Waals surface area contributed by atoms with Gasteiger partial charge in [-0.15, -0.1) is 0 Å². The Bertz CT molecular complexity index is 819. The quantitative estimate of drug-likeness (QED) is 0.815. The van der Waals surface area contributed by atoms with E-state index in [9.17, 15) is 4.79 Å². The van der Waals surface area contributed by atoms with Gasteiger partial charge >= 0.3 is 0 Å². The summed E-state index contributed by atoms with van der Waals surface area (Å²) in [5.41, 5.74) is 9.82. The highest BCUT2D eigenvalue weighted by Gasteiger charge is 2.44. The third-order valence-corrected chi connectivity index (χ3v) is 5.74. The molecule has 2 saturated heterocycles. The van der Waals surface area contributed by atoms with Crippen molar-refractivity contribution in [2.75, 3.05) is 19.0 Å². The molecule has 2 fully saturated rings. The molecule has 2 aliphatic heterocycles. The average molecular weight is 366 g/mol. The molecule has 2 aromatic carbocycles. The van der Waals surface area contributed by atoms with Crippen LogP contribution >= 0.6 is 11.8 Å². The molecule has 2 aliphatic rings. The zero-order valence-corrected chi connectivity index (χ0v) is 15.7. The third-order valence-electron chi connectivity index (χ3n) is 4.62. The predicted molar refractivity (Wildman–Crippen MR) is 107 cm³/mol. The average Bonchev–Trinajstić information content (AvgIpc) is 3.17. The summed E-state index contributed by atoms with van der Waals surface area (Å²) >= 11 is 1.56. The van der Waals surface area contributed by atoms with Crippen LogP contribution in [0.25, 0.3) is 6.08 Å². The molecule has 2 N–H and O–H groups in total. The van der Waals surface area contributed by atoms with E-state index in [-0.39, 0.29) is 17.6 Å². The number of benzene rings is 2. The minimum atomic E-state index is -0.0523. The van der Waals surface area contributed by atoms with Gasteiger partial charge in [0.25, 0.3) is 5.91 Å². The molecule has 4 rings (SSSR count). The van der Waals surface area contributed by atoms with Crippen LogP contribution in [-0.4, -0.2) is 36.6 Å². The molecule has 0 aliphatic carbocycles. The normalized spacial score (nSPS) is 23.5. The Hall–Kier alpha value is -2.28. The van der Waals surface area contributed by atoms with Crippen LogP contribution in [0, 0.1) is 0 Å². The van der Waals surface area contributed by atoms with Crippen LogP contribution in [0.1, 0.15) is 11.1 Å². The largest absolute Gasteiger partial charge is 0.378 e. The van der Waals surface area contributed by atoms with Crippen molar-refractivity contribution < 1.29 is 4.79 Å². The highest BCUT2D eigenvalue weighted by molar-refractivity contribution is 8.05. The number of carbonyl (C=O) groups is 1. The van der Waals surface area contributed by atoms with Crippen LogP contribution in [0.4, 0.5) is 5.69 Å². The lowest BCUT2D eigenvalue weighted by atomic mass is 10.1. The Morgan fingerprint density at radius 3 is 2.50 bits per heavy atom. The summed E-state index contributed by atoms with van der Waals surface area (Å²) in [5, 5.41) is 0. The van der Waals surface area contributed by atoms with E-state index >= 15 is 0 Å². The number of fused-ring (bicyclic) bond motifs is 1. The lowest BCUT2D eigenvalue weighted by molar-refractivity contribution is -0.127. The van der Waals surface area contributed by atoms with Crippen LogP contribution in [0.2, 0.25) is 0 Å². The fourth-order valence-corrected chi connectivity index (χ4v) is 4.34. The smallest absolute Gasteiger partial charge is 0.263 e. The zero-order valence-electron chi connectivity index (χ0n) is 14.8. The molecule has 0 aromatic heterocycles. The second-order valence-electron chi connectivity index (χ2n) is 6.67. The first-order valence-electron chi connectivity index (χ1n) is 8.65. The van der Waals surface area contributed by atoms with Gasteiger partial charge in [-0.1, -0.05) is 54.2 Å². The SMILES string of the molecule is CN(C)c1ccc(C=C2SC3NNC(Cc4ccccc4)N3C2=O)cc1. The van der Waals surface area contributed by atoms with Crippen molar-refractivity contribution in [1.29, 1.82) is 0 Å². The highest BCUT2D eigenvalue weighted by atomic mass is 32.2. The molecule has 26 heavy (non-hydrogen) atoms. The molecule has 0 spiro atoms. The summed E-state index contributed by atoms with van der Waals surface area (Å²) in [5.74, 6) is 0.0788. The van der Waals surface area contributed by atoms with E-state index in [4.69, 9.17) is 0 Å². The van der Waals surface area contributed by atoms with Gasteiger partial charge in [-0.25, -0.2) is 10.9 Å². The molecule has 0 saturated carbocycles. The molecular formula is C20H22N4OS. The van der Waals surface area contributed by atoms with Gasteiger partial charge in [0.2, 0.25) is 0 Å². The zero-order chi connectivity index (χ0) is 18.1. The number of rotatable bonds is 4. The topological polar surface area (TPSA) is 47.6 Å². The lowest BCUT2D eigenvalue weighted by Gasteiger charge is -2.21. The van der Waals surface area contributed by atoms with Crippen molar-refractivity contribution in [3.63, 3.8) is 0 Å². The molecule has 0 bridgehead atoms. The molecule has 1 amide bonds. The minimum Gasteiger partial charge on any atom is -0.378 e. The van der Waals surface area contributed by atoms with Crippen LogP contribution in [0.3, 0.4) is 0 Å². The highest BCUT2D eigenvalue weighted by Crippen LogP contribution is 2.38. The summed E-state index contributed by atoms with van der Waals surface area (Å²) in [6.07, 6.45) is 2.72. The molecule has 0 radical (unpaired) electrons. The summed E-state index contributed by atoms with van der Waals surface area (Å²) in [6, 6.07) is 18.5. The van der Waals surface area contributed by atoms with Crippen LogP contribution < -0.4 is 15.8 Å². The van der Waals surface area contributed by atoms with Crippen molar-refractivity contribution in [1.82, 2.24) is 15.8 Å². The Morgan fingerprint density at radius 1 is 1.08 bits per heavy atom. The number of carbonyl (C=O) groups excluding carboxylic acids is 1. The molecule has 5 nitrogen and oxygen atoms in total. The second-order valence-corrected chi connectivity index (χ2v) is 7.79. The maximum absolute atomic E-state index is 12.9. The molecule has 2 aromatic rings. The maximum Gasteiger partial charge on any atom is 0.263 e. The lowest BCUT2D eigenvalue weighted by Crippen LogP contribution is -2.41. The standard InChI is InChI=1S/C20H22N4OS/c1-23(2)16-10-8-15(9-11-16)12-17-19(25)24-18(21-22-20(24)26-17)13-14-6-4-3-5-7-14/h3-12,18,20-22H,13H2,1-2H3. The van der Waals surface area contributed by atoms with E-state index in [1.807, 2.05) is 55.4 Å².